The maximum absolute atomic E-state index is 11.8. The lowest BCUT2D eigenvalue weighted by molar-refractivity contribution is -0.123. The van der Waals surface area contributed by atoms with Crippen molar-refractivity contribution in [2.75, 3.05) is 6.54 Å². The molecule has 2 aromatic rings. The molecule has 1 amide bonds. The molecule has 0 bridgehead atoms. The van der Waals surface area contributed by atoms with Gasteiger partial charge in [-0.2, -0.15) is 0 Å². The third-order valence-corrected chi connectivity index (χ3v) is 3.59. The summed E-state index contributed by atoms with van der Waals surface area (Å²) in [5.74, 6) is 0.0905. The van der Waals surface area contributed by atoms with Crippen LogP contribution in [0.25, 0.3) is 10.8 Å². The molecule has 0 aliphatic carbocycles. The standard InChI is InChI=1S/C17H22N2O/c1-12(2)16(18)17(20)19-11-10-14-8-5-7-13-6-3-4-9-15(13)14/h3-9,12,16H,10-11,18H2,1-2H3,(H,19,20)/t16-/m0/s1. The molecule has 106 valence electrons. The zero-order chi connectivity index (χ0) is 14.5. The van der Waals surface area contributed by atoms with Gasteiger partial charge < -0.3 is 11.1 Å². The van der Waals surface area contributed by atoms with Crippen molar-refractivity contribution in [3.05, 3.63) is 48.0 Å². The van der Waals surface area contributed by atoms with Gasteiger partial charge in [-0.1, -0.05) is 56.3 Å². The van der Waals surface area contributed by atoms with Crippen molar-refractivity contribution in [2.24, 2.45) is 11.7 Å². The van der Waals surface area contributed by atoms with Crippen molar-refractivity contribution in [3.63, 3.8) is 0 Å². The molecule has 0 saturated heterocycles. The minimum absolute atomic E-state index is 0.0692. The molecule has 0 aliphatic rings. The molecular weight excluding hydrogens is 248 g/mol. The van der Waals surface area contributed by atoms with Gasteiger partial charge in [-0.25, -0.2) is 0 Å². The van der Waals surface area contributed by atoms with Gasteiger partial charge in [0.1, 0.15) is 0 Å². The van der Waals surface area contributed by atoms with E-state index in [1.807, 2.05) is 26.0 Å². The van der Waals surface area contributed by atoms with Crippen LogP contribution in [0.3, 0.4) is 0 Å². The molecule has 2 aromatic carbocycles. The minimum atomic E-state index is -0.428. The zero-order valence-electron chi connectivity index (χ0n) is 12.1. The number of fused-ring (bicyclic) bond motifs is 1. The van der Waals surface area contributed by atoms with E-state index >= 15 is 0 Å². The summed E-state index contributed by atoms with van der Waals surface area (Å²) < 4.78 is 0. The Morgan fingerprint density at radius 2 is 1.85 bits per heavy atom. The van der Waals surface area contributed by atoms with E-state index in [9.17, 15) is 4.79 Å². The Labute approximate surface area is 120 Å². The van der Waals surface area contributed by atoms with Crippen molar-refractivity contribution in [2.45, 2.75) is 26.3 Å². The van der Waals surface area contributed by atoms with Gasteiger partial charge in [-0.3, -0.25) is 4.79 Å². The zero-order valence-corrected chi connectivity index (χ0v) is 12.1. The number of amides is 1. The molecule has 0 spiro atoms. The lowest BCUT2D eigenvalue weighted by Crippen LogP contribution is -2.44. The van der Waals surface area contributed by atoms with Crippen LogP contribution in [0.1, 0.15) is 19.4 Å². The molecule has 1 atom stereocenters. The van der Waals surface area contributed by atoms with Crippen molar-refractivity contribution in [1.29, 1.82) is 0 Å². The molecule has 3 heteroatoms. The average molecular weight is 270 g/mol. The summed E-state index contributed by atoms with van der Waals surface area (Å²) in [4.78, 5) is 11.8. The van der Waals surface area contributed by atoms with E-state index in [2.05, 4.69) is 35.6 Å². The maximum atomic E-state index is 11.8. The largest absolute Gasteiger partial charge is 0.354 e. The molecule has 20 heavy (non-hydrogen) atoms. The first-order valence-corrected chi connectivity index (χ1v) is 7.09. The number of rotatable bonds is 5. The Kier molecular flexibility index (Phi) is 4.74. The van der Waals surface area contributed by atoms with Crippen LogP contribution in [-0.4, -0.2) is 18.5 Å². The quantitative estimate of drug-likeness (QED) is 0.877. The summed E-state index contributed by atoms with van der Waals surface area (Å²) in [5, 5.41) is 5.39. The Hall–Kier alpha value is -1.87. The summed E-state index contributed by atoms with van der Waals surface area (Å²) in [6, 6.07) is 14.1. The van der Waals surface area contributed by atoms with E-state index in [0.717, 1.165) is 6.42 Å². The first-order valence-electron chi connectivity index (χ1n) is 7.09. The number of hydrogen-bond acceptors (Lipinski definition) is 2. The van der Waals surface area contributed by atoms with Gasteiger partial charge in [0.2, 0.25) is 5.91 Å². The SMILES string of the molecule is CC(C)[C@H](N)C(=O)NCCc1cccc2ccccc12. The smallest absolute Gasteiger partial charge is 0.237 e. The summed E-state index contributed by atoms with van der Waals surface area (Å²) in [7, 11) is 0. The van der Waals surface area contributed by atoms with E-state index in [0.29, 0.717) is 6.54 Å². The van der Waals surface area contributed by atoms with Crippen LogP contribution in [0.5, 0.6) is 0 Å². The molecule has 0 aromatic heterocycles. The van der Waals surface area contributed by atoms with E-state index in [1.54, 1.807) is 0 Å². The Balaban J connectivity index is 1.98. The van der Waals surface area contributed by atoms with Crippen molar-refractivity contribution < 1.29 is 4.79 Å². The fourth-order valence-corrected chi connectivity index (χ4v) is 2.25. The summed E-state index contributed by atoms with van der Waals surface area (Å²) >= 11 is 0. The van der Waals surface area contributed by atoms with E-state index < -0.39 is 6.04 Å². The molecular formula is C17H22N2O. The van der Waals surface area contributed by atoms with Gasteiger partial charge in [0.25, 0.3) is 0 Å². The lowest BCUT2D eigenvalue weighted by atomic mass is 10.0. The van der Waals surface area contributed by atoms with Gasteiger partial charge in [0.15, 0.2) is 0 Å². The third kappa shape index (κ3) is 3.36. The molecule has 0 fully saturated rings. The Morgan fingerprint density at radius 1 is 1.15 bits per heavy atom. The number of carbonyl (C=O) groups is 1. The van der Waals surface area contributed by atoms with Crippen molar-refractivity contribution in [1.82, 2.24) is 5.32 Å². The lowest BCUT2D eigenvalue weighted by Gasteiger charge is -2.15. The van der Waals surface area contributed by atoms with Gasteiger partial charge in [0.05, 0.1) is 6.04 Å². The highest BCUT2D eigenvalue weighted by molar-refractivity contribution is 5.86. The number of carbonyl (C=O) groups excluding carboxylic acids is 1. The van der Waals surface area contributed by atoms with Crippen LogP contribution in [-0.2, 0) is 11.2 Å². The van der Waals surface area contributed by atoms with E-state index in [4.69, 9.17) is 5.73 Å². The normalized spacial score (nSPS) is 12.6. The summed E-state index contributed by atoms with van der Waals surface area (Å²) in [6.45, 7) is 4.52. The predicted octanol–water partition coefficient (Wildman–Crippen LogP) is 2.48. The summed E-state index contributed by atoms with van der Waals surface area (Å²) in [6.07, 6.45) is 0.817. The first kappa shape index (κ1) is 14.5. The minimum Gasteiger partial charge on any atom is -0.354 e. The van der Waals surface area contributed by atoms with Crippen molar-refractivity contribution >= 4 is 16.7 Å². The second-order valence-electron chi connectivity index (χ2n) is 5.45. The number of hydrogen-bond donors (Lipinski definition) is 2. The second kappa shape index (κ2) is 6.53. The van der Waals surface area contributed by atoms with Crippen LogP contribution in [0.15, 0.2) is 42.5 Å². The van der Waals surface area contributed by atoms with Gasteiger partial charge in [-0.15, -0.1) is 0 Å². The maximum Gasteiger partial charge on any atom is 0.237 e. The highest BCUT2D eigenvalue weighted by Crippen LogP contribution is 2.18. The fraction of sp³-hybridized carbons (Fsp3) is 0.353. The van der Waals surface area contributed by atoms with E-state index in [1.165, 1.54) is 16.3 Å². The fourth-order valence-electron chi connectivity index (χ4n) is 2.25. The topological polar surface area (TPSA) is 55.1 Å². The predicted molar refractivity (Wildman–Crippen MR) is 83.5 cm³/mol. The van der Waals surface area contributed by atoms with Gasteiger partial charge in [-0.05, 0) is 28.7 Å². The second-order valence-corrected chi connectivity index (χ2v) is 5.45. The van der Waals surface area contributed by atoms with Crippen LogP contribution in [0.4, 0.5) is 0 Å². The highest BCUT2D eigenvalue weighted by Gasteiger charge is 2.16. The number of nitrogens with one attached hydrogen (secondary N) is 1. The average Bonchev–Trinajstić information content (AvgIpc) is 2.46. The number of nitrogens with two attached hydrogens (primary N) is 1. The Morgan fingerprint density at radius 3 is 2.60 bits per heavy atom. The first-order chi connectivity index (χ1) is 9.59. The number of benzene rings is 2. The third-order valence-electron chi connectivity index (χ3n) is 3.59. The van der Waals surface area contributed by atoms with Crippen LogP contribution >= 0.6 is 0 Å². The Bertz CT molecular complexity index is 587. The van der Waals surface area contributed by atoms with Crippen LogP contribution in [0.2, 0.25) is 0 Å². The monoisotopic (exact) mass is 270 g/mol. The van der Waals surface area contributed by atoms with Gasteiger partial charge >= 0.3 is 0 Å². The summed E-state index contributed by atoms with van der Waals surface area (Å²) in [5.41, 5.74) is 7.07. The molecule has 0 radical (unpaired) electrons. The van der Waals surface area contributed by atoms with Crippen LogP contribution in [0, 0.1) is 5.92 Å². The van der Waals surface area contributed by atoms with E-state index in [-0.39, 0.29) is 11.8 Å². The molecule has 0 aliphatic heterocycles. The molecule has 0 heterocycles. The highest BCUT2D eigenvalue weighted by atomic mass is 16.2. The molecule has 3 N–H and O–H groups in total. The molecule has 3 nitrogen and oxygen atoms in total. The molecule has 2 rings (SSSR count). The molecule has 0 unspecified atom stereocenters. The van der Waals surface area contributed by atoms with Crippen molar-refractivity contribution in [3.8, 4) is 0 Å². The van der Waals surface area contributed by atoms with Crippen LogP contribution < -0.4 is 11.1 Å². The molecule has 0 saturated carbocycles. The van der Waals surface area contributed by atoms with Gasteiger partial charge in [0, 0.05) is 6.54 Å².